The summed E-state index contributed by atoms with van der Waals surface area (Å²) in [6.45, 7) is 4.91. The Hall–Kier alpha value is -0.910. The summed E-state index contributed by atoms with van der Waals surface area (Å²) >= 11 is 7.58. The molecule has 1 aliphatic carbocycles. The highest BCUT2D eigenvalue weighted by molar-refractivity contribution is 7.16. The van der Waals surface area contributed by atoms with Crippen LogP contribution in [0.2, 0.25) is 4.34 Å². The summed E-state index contributed by atoms with van der Waals surface area (Å²) in [5, 5.41) is 12.0. The maximum Gasteiger partial charge on any atom is 0.147 e. The summed E-state index contributed by atoms with van der Waals surface area (Å²) in [4.78, 5) is 1.25. The summed E-state index contributed by atoms with van der Waals surface area (Å²) in [5.74, 6) is 2.06. The Morgan fingerprint density at radius 2 is 2.26 bits per heavy atom. The molecule has 0 unspecified atom stereocenters. The Kier molecular flexibility index (Phi) is 3.60. The van der Waals surface area contributed by atoms with Crippen LogP contribution in [0.15, 0.2) is 12.1 Å². The summed E-state index contributed by atoms with van der Waals surface area (Å²) in [5.41, 5.74) is 0. The van der Waals surface area contributed by atoms with Crippen LogP contribution in [0.25, 0.3) is 0 Å². The van der Waals surface area contributed by atoms with Crippen molar-refractivity contribution in [2.45, 2.75) is 45.3 Å². The van der Waals surface area contributed by atoms with Crippen molar-refractivity contribution in [2.24, 2.45) is 0 Å². The first-order valence-corrected chi connectivity index (χ1v) is 7.73. The van der Waals surface area contributed by atoms with E-state index in [9.17, 15) is 0 Å². The first-order chi connectivity index (χ1) is 9.15. The molecule has 19 heavy (non-hydrogen) atoms. The van der Waals surface area contributed by atoms with Crippen molar-refractivity contribution in [3.63, 3.8) is 0 Å². The predicted octanol–water partition coefficient (Wildman–Crippen LogP) is 3.49. The molecule has 0 amide bonds. The monoisotopic (exact) mass is 296 g/mol. The molecule has 2 aromatic heterocycles. The molecular formula is C13H17ClN4S. The van der Waals surface area contributed by atoms with Crippen molar-refractivity contribution in [2.75, 3.05) is 0 Å². The lowest BCUT2D eigenvalue weighted by molar-refractivity contribution is 0.540. The minimum absolute atomic E-state index is 0.280. The van der Waals surface area contributed by atoms with E-state index in [-0.39, 0.29) is 6.04 Å². The molecule has 0 aromatic carbocycles. The SMILES string of the molecule is Cc1nnc(CN[C@H](C)c2ccc(Cl)s2)n1C1CC1. The topological polar surface area (TPSA) is 42.7 Å². The van der Waals surface area contributed by atoms with Gasteiger partial charge >= 0.3 is 0 Å². The van der Waals surface area contributed by atoms with Crippen molar-refractivity contribution < 1.29 is 0 Å². The van der Waals surface area contributed by atoms with Crippen molar-refractivity contribution >= 4 is 22.9 Å². The van der Waals surface area contributed by atoms with E-state index in [0.29, 0.717) is 6.04 Å². The lowest BCUT2D eigenvalue weighted by atomic mass is 10.3. The number of rotatable bonds is 5. The van der Waals surface area contributed by atoms with Crippen LogP contribution in [-0.4, -0.2) is 14.8 Å². The Labute approximate surface area is 121 Å². The van der Waals surface area contributed by atoms with Gasteiger partial charge in [0.05, 0.1) is 10.9 Å². The number of nitrogens with zero attached hydrogens (tertiary/aromatic N) is 3. The summed E-state index contributed by atoms with van der Waals surface area (Å²) in [6, 6.07) is 4.92. The molecule has 2 heterocycles. The van der Waals surface area contributed by atoms with E-state index in [1.54, 1.807) is 11.3 Å². The molecular weight excluding hydrogens is 280 g/mol. The maximum atomic E-state index is 5.96. The molecule has 1 saturated carbocycles. The summed E-state index contributed by atoms with van der Waals surface area (Å²) in [7, 11) is 0. The minimum Gasteiger partial charge on any atom is -0.311 e. The molecule has 6 heteroatoms. The minimum atomic E-state index is 0.280. The van der Waals surface area contributed by atoms with Gasteiger partial charge in [-0.15, -0.1) is 21.5 Å². The first-order valence-electron chi connectivity index (χ1n) is 6.54. The summed E-state index contributed by atoms with van der Waals surface area (Å²) in [6.07, 6.45) is 2.50. The van der Waals surface area contributed by atoms with Gasteiger partial charge in [-0.2, -0.15) is 0 Å². The number of hydrogen-bond acceptors (Lipinski definition) is 4. The number of thiophene rings is 1. The average Bonchev–Trinajstić information content (AvgIpc) is 3.02. The van der Waals surface area contributed by atoms with Crippen LogP contribution in [0.3, 0.4) is 0 Å². The standard InChI is InChI=1S/C13H17ClN4S/c1-8(11-5-6-12(14)19-11)15-7-13-17-16-9(2)18(13)10-3-4-10/h5-6,8,10,15H,3-4,7H2,1-2H3/t8-/m1/s1. The van der Waals surface area contributed by atoms with E-state index in [2.05, 4.69) is 33.1 Å². The maximum absolute atomic E-state index is 5.96. The zero-order valence-electron chi connectivity index (χ0n) is 11.1. The third kappa shape index (κ3) is 2.83. The van der Waals surface area contributed by atoms with Gasteiger partial charge < -0.3 is 9.88 Å². The van der Waals surface area contributed by atoms with E-state index >= 15 is 0 Å². The summed E-state index contributed by atoms with van der Waals surface area (Å²) < 4.78 is 3.10. The van der Waals surface area contributed by atoms with Crippen LogP contribution in [0.5, 0.6) is 0 Å². The van der Waals surface area contributed by atoms with Crippen LogP contribution in [0.1, 0.15) is 48.4 Å². The van der Waals surface area contributed by atoms with E-state index in [1.807, 2.05) is 13.0 Å². The molecule has 0 bridgehead atoms. The van der Waals surface area contributed by atoms with Crippen LogP contribution < -0.4 is 5.32 Å². The lowest BCUT2D eigenvalue weighted by Crippen LogP contribution is -2.20. The molecule has 3 rings (SSSR count). The van der Waals surface area contributed by atoms with Gasteiger partial charge in [-0.05, 0) is 38.8 Å². The Morgan fingerprint density at radius 1 is 1.47 bits per heavy atom. The molecule has 4 nitrogen and oxygen atoms in total. The van der Waals surface area contributed by atoms with E-state index in [1.165, 1.54) is 17.7 Å². The van der Waals surface area contributed by atoms with E-state index in [4.69, 9.17) is 11.6 Å². The fraction of sp³-hybridized carbons (Fsp3) is 0.538. The Bertz CT molecular complexity index is 573. The van der Waals surface area contributed by atoms with E-state index in [0.717, 1.165) is 22.5 Å². The van der Waals surface area contributed by atoms with Crippen molar-refractivity contribution in [1.82, 2.24) is 20.1 Å². The molecule has 1 aliphatic rings. The Balaban J connectivity index is 1.66. The second-order valence-corrected chi connectivity index (χ2v) is 6.76. The normalized spacial score (nSPS) is 16.8. The molecule has 0 radical (unpaired) electrons. The fourth-order valence-electron chi connectivity index (χ4n) is 2.25. The molecule has 1 N–H and O–H groups in total. The first kappa shape index (κ1) is 13.1. The highest BCUT2D eigenvalue weighted by atomic mass is 35.5. The second kappa shape index (κ2) is 5.23. The zero-order chi connectivity index (χ0) is 13.4. The van der Waals surface area contributed by atoms with Crippen molar-refractivity contribution in [3.8, 4) is 0 Å². The van der Waals surface area contributed by atoms with Gasteiger partial charge in [0.25, 0.3) is 0 Å². The van der Waals surface area contributed by atoms with Gasteiger partial charge in [0.2, 0.25) is 0 Å². The molecule has 1 atom stereocenters. The highest BCUT2D eigenvalue weighted by Crippen LogP contribution is 2.36. The molecule has 2 aromatic rings. The third-order valence-corrected chi connectivity index (χ3v) is 4.85. The molecule has 0 spiro atoms. The third-order valence-electron chi connectivity index (χ3n) is 3.44. The number of nitrogens with one attached hydrogen (secondary N) is 1. The van der Waals surface area contributed by atoms with Gasteiger partial charge in [0.1, 0.15) is 11.6 Å². The number of hydrogen-bond donors (Lipinski definition) is 1. The largest absolute Gasteiger partial charge is 0.311 e. The molecule has 1 fully saturated rings. The van der Waals surface area contributed by atoms with Crippen LogP contribution in [-0.2, 0) is 6.54 Å². The van der Waals surface area contributed by atoms with Crippen LogP contribution in [0.4, 0.5) is 0 Å². The van der Waals surface area contributed by atoms with Gasteiger partial charge in [-0.3, -0.25) is 0 Å². The van der Waals surface area contributed by atoms with Crippen molar-refractivity contribution in [3.05, 3.63) is 33.0 Å². The van der Waals surface area contributed by atoms with Gasteiger partial charge in [0.15, 0.2) is 0 Å². The average molecular weight is 297 g/mol. The molecule has 0 saturated heterocycles. The lowest BCUT2D eigenvalue weighted by Gasteiger charge is -2.12. The molecule has 102 valence electrons. The fourth-order valence-corrected chi connectivity index (χ4v) is 3.34. The van der Waals surface area contributed by atoms with Gasteiger partial charge in [-0.1, -0.05) is 11.6 Å². The van der Waals surface area contributed by atoms with Gasteiger partial charge in [0, 0.05) is 17.0 Å². The Morgan fingerprint density at radius 3 is 2.89 bits per heavy atom. The second-order valence-electron chi connectivity index (χ2n) is 5.01. The number of halogens is 1. The van der Waals surface area contributed by atoms with Crippen LogP contribution in [0, 0.1) is 6.92 Å². The quantitative estimate of drug-likeness (QED) is 0.918. The number of aromatic nitrogens is 3. The highest BCUT2D eigenvalue weighted by Gasteiger charge is 2.28. The van der Waals surface area contributed by atoms with E-state index < -0.39 is 0 Å². The smallest absolute Gasteiger partial charge is 0.147 e. The predicted molar refractivity (Wildman–Crippen MR) is 77.6 cm³/mol. The zero-order valence-corrected chi connectivity index (χ0v) is 12.6. The number of aryl methyl sites for hydroxylation is 1. The van der Waals surface area contributed by atoms with Crippen LogP contribution >= 0.6 is 22.9 Å². The van der Waals surface area contributed by atoms with Gasteiger partial charge in [-0.25, -0.2) is 0 Å². The molecule has 0 aliphatic heterocycles. The van der Waals surface area contributed by atoms with Crippen molar-refractivity contribution in [1.29, 1.82) is 0 Å².